The second-order valence-corrected chi connectivity index (χ2v) is 5.64. The van der Waals surface area contributed by atoms with Gasteiger partial charge in [0.1, 0.15) is 0 Å². The molecule has 0 bridgehead atoms. The molecule has 0 saturated carbocycles. The van der Waals surface area contributed by atoms with Gasteiger partial charge in [-0.2, -0.15) is 0 Å². The van der Waals surface area contributed by atoms with Crippen LogP contribution in [-0.2, 0) is 621 Å². The molecule has 0 aromatic heterocycles. The van der Waals surface area contributed by atoms with Crippen LogP contribution in [0.5, 0.6) is 0 Å². The van der Waals surface area contributed by atoms with Crippen molar-refractivity contribution in [3.8, 4) is 0 Å². The molecule has 0 saturated heterocycles. The average Bonchev–Trinajstić information content (AvgIpc) is 2.00. The van der Waals surface area contributed by atoms with E-state index in [1.54, 1.807) is 4.90 Å². The Bertz CT molecular complexity index is 154. The molecule has 0 aliphatic rings. The maximum Gasteiger partial charge on any atom is 0 e. The van der Waals surface area contributed by atoms with E-state index >= 15 is 0 Å². The maximum absolute atomic E-state index is 3.80. The third-order valence-corrected chi connectivity index (χ3v) is 2.25. The van der Waals surface area contributed by atoms with Gasteiger partial charge in [-0.05, 0) is 12.3 Å². The van der Waals surface area contributed by atoms with Crippen molar-refractivity contribution in [1.82, 2.24) is 4.90 Å². The monoisotopic (exact) mass is 1900 g/mol. The molecule has 0 atom stereocenters. The van der Waals surface area contributed by atoms with Crippen LogP contribution in [0.25, 0.3) is 0 Å². The van der Waals surface area contributed by atoms with E-state index in [9.17, 15) is 0 Å². The van der Waals surface area contributed by atoms with Gasteiger partial charge in [0.2, 0.25) is 0 Å². The summed E-state index contributed by atoms with van der Waals surface area (Å²) in [5.74, 6) is 1.06. The molecule has 0 unspecified atom stereocenters. The van der Waals surface area contributed by atoms with Crippen LogP contribution in [0.3, 0.4) is 0 Å². The van der Waals surface area contributed by atoms with E-state index in [0.717, 1.165) is 12.5 Å². The van der Waals surface area contributed by atoms with E-state index in [0.29, 0.717) is 5.92 Å². The van der Waals surface area contributed by atoms with E-state index in [4.69, 9.17) is 0 Å². The summed E-state index contributed by atoms with van der Waals surface area (Å²) in [4.78, 5) is 1.72. The van der Waals surface area contributed by atoms with Gasteiger partial charge in [0.15, 0.2) is 0 Å². The minimum Gasteiger partial charge on any atom is -0.611 e. The Morgan fingerprint density at radius 1 is 0.500 bits per heavy atom. The van der Waals surface area contributed by atoms with Crippen LogP contribution in [-0.4, -0.2) is 11.4 Å². The summed E-state index contributed by atoms with van der Waals surface area (Å²) in [7, 11) is 7.27. The molecule has 0 aromatic rings. The molecule has 0 rings (SSSR count). The molecular weight excluding hydrogens is 1870 g/mol. The van der Waals surface area contributed by atoms with Gasteiger partial charge in [0, 0.05) is 621 Å². The first-order valence-electron chi connectivity index (χ1n) is 5.62. The smallest absolute Gasteiger partial charge is 0 e. The van der Waals surface area contributed by atoms with E-state index in [1.807, 2.05) is 0 Å². The Morgan fingerprint density at radius 2 is 0.647 bits per heavy atom. The molecule has 0 spiro atoms. The minimum atomic E-state index is 0. The van der Waals surface area contributed by atoms with Gasteiger partial charge in [-0.1, -0.05) is 46.6 Å². The van der Waals surface area contributed by atoms with Crippen LogP contribution < -0.4 is 0 Å². The normalized spacial score (nSPS) is 5.29. The van der Waals surface area contributed by atoms with Gasteiger partial charge >= 0.3 is 0 Å². The molecule has 0 N–H and O–H groups in total. The number of rotatable bonds is 3. The Balaban J connectivity index is -0.00000000336. The quantitative estimate of drug-likeness (QED) is 0.384. The Kier molecular flexibility index (Phi) is 429. The zero-order valence-corrected chi connectivity index (χ0v) is 76.2. The first-order valence-corrected chi connectivity index (χ1v) is 5.62. The van der Waals surface area contributed by atoms with Crippen LogP contribution in [0.2, 0.25) is 0 Å². The van der Waals surface area contributed by atoms with Crippen molar-refractivity contribution in [2.45, 2.75) is 41.0 Å². The Labute approximate surface area is 695 Å². The minimum absolute atomic E-state index is 0. The fraction of sp³-hybridized carbons (Fsp3) is 0.714. The third kappa shape index (κ3) is 140. The van der Waals surface area contributed by atoms with E-state index in [-0.39, 0.29) is 627 Å². The first kappa shape index (κ1) is 139. The maximum atomic E-state index is 3.80. The number of hydrogen-bond donors (Lipinski definition) is 0. The summed E-state index contributed by atoms with van der Waals surface area (Å²) in [6, 6.07) is 0. The van der Waals surface area contributed by atoms with Crippen LogP contribution in [0.4, 0.5) is 0 Å². The molecule has 0 amide bonds. The van der Waals surface area contributed by atoms with Gasteiger partial charge in [-0.15, -0.1) is 0 Å². The van der Waals surface area contributed by atoms with Crippen molar-refractivity contribution in [3.63, 3.8) is 0 Å². The van der Waals surface area contributed by atoms with Crippen LogP contribution in [0.15, 0.2) is 0 Å². The summed E-state index contributed by atoms with van der Waals surface area (Å²) in [5.41, 5.74) is 0.278. The van der Waals surface area contributed by atoms with Crippen LogP contribution in [0.1, 0.15) is 41.0 Å². The van der Waals surface area contributed by atoms with Crippen molar-refractivity contribution in [2.75, 3.05) is 6.54 Å². The molecule has 0 aliphatic carbocycles. The molecule has 34 heavy (non-hydrogen) atoms. The van der Waals surface area contributed by atoms with Crippen molar-refractivity contribution in [1.29, 1.82) is 0 Å². The zero-order chi connectivity index (χ0) is 12.6. The van der Waals surface area contributed by atoms with Gasteiger partial charge in [-0.25, -0.2) is 0 Å². The predicted molar refractivity (Wildman–Crippen MR) is 70.5 cm³/mol. The van der Waals surface area contributed by atoms with Crippen LogP contribution >= 0.6 is 0 Å². The summed E-state index contributed by atoms with van der Waals surface area (Å²) in [6.45, 7) is 19.4. The average molecular weight is 1900 g/mol. The Hall–Kier alpha value is 20.9. The summed E-state index contributed by atoms with van der Waals surface area (Å²) in [5, 5.41) is 0. The molecule has 151 valence electrons. The molecule has 0 fully saturated rings. The predicted octanol–water partition coefficient (Wildman–Crippen LogP) is 4.19. The topological polar surface area (TPSA) is 3.24 Å². The Morgan fingerprint density at radius 3 is 0.676 bits per heavy atom. The van der Waals surface area contributed by atoms with E-state index in [2.05, 4.69) is 62.6 Å². The summed E-state index contributed by atoms with van der Waals surface area (Å²) >= 11 is 0. The van der Waals surface area contributed by atoms with E-state index < -0.39 is 0 Å². The number of hydrogen-bond acceptors (Lipinski definition) is 1. The van der Waals surface area contributed by atoms with Crippen molar-refractivity contribution >= 4 is 0 Å². The molecule has 0 aliphatic heterocycles. The first-order chi connectivity index (χ1) is 6.57. The largest absolute Gasteiger partial charge is 0.611 e. The summed E-state index contributed by atoms with van der Waals surface area (Å²) < 4.78 is 0. The standard InChI is InChI=1S/C7H15N.C7H14.19Y/c1-7(2)5-6-8(3)4;1-6(2)7(3,4)5;;;;;;;;;;;;;;;;;;;/h7H,3-6H2,1-2H3;6H,1-2H2,3-5H3;;;;;;;;;;;;;;;;;;;/q2*-2;;;;;;;;;;;;;;;;;;;. The molecule has 0 heterocycles. The van der Waals surface area contributed by atoms with Crippen LogP contribution in [0, 0.1) is 45.2 Å². The van der Waals surface area contributed by atoms with E-state index in [1.165, 1.54) is 6.42 Å². The molecule has 0 aromatic carbocycles. The SMILES string of the molecule is [CH2-]C([CH2-])C(C)(C)C.[CH2-]N([CH2-])CCC(C)C.[Y].[Y].[Y].[Y].[Y].[Y].[Y].[Y].[Y].[Y].[Y].[Y].[Y].[Y].[Y].[Y].[Y].[Y].[Y]. The van der Waals surface area contributed by atoms with Gasteiger partial charge < -0.3 is 32.8 Å². The molecule has 19 radical (unpaired) electrons. The zero-order valence-electron chi connectivity index (χ0n) is 22.3. The van der Waals surface area contributed by atoms with Gasteiger partial charge in [-0.3, -0.25) is 5.92 Å². The second-order valence-electron chi connectivity index (χ2n) is 5.64. The molecular formula is C14H29NY19-4. The fourth-order valence-corrected chi connectivity index (χ4v) is 0.441. The molecule has 20 heteroatoms. The third-order valence-electron chi connectivity index (χ3n) is 2.25. The van der Waals surface area contributed by atoms with Gasteiger partial charge in [0.25, 0.3) is 0 Å². The van der Waals surface area contributed by atoms with Crippen molar-refractivity contribution in [3.05, 3.63) is 27.9 Å². The van der Waals surface area contributed by atoms with Gasteiger partial charge in [0.05, 0.1) is 0 Å². The molecule has 1 nitrogen and oxygen atoms in total. The van der Waals surface area contributed by atoms with Crippen molar-refractivity contribution < 1.29 is 621 Å². The summed E-state index contributed by atoms with van der Waals surface area (Å²) in [6.07, 6.45) is 1.19. The number of nitrogens with zero attached hydrogens (tertiary/aromatic N) is 1. The second kappa shape index (κ2) is 105. The fourth-order valence-electron chi connectivity index (χ4n) is 0.441. The van der Waals surface area contributed by atoms with Crippen molar-refractivity contribution in [2.24, 2.45) is 17.3 Å².